The first-order chi connectivity index (χ1) is 9.92. The molecule has 1 aromatic carbocycles. The van der Waals surface area contributed by atoms with Crippen LogP contribution in [0.1, 0.15) is 19.8 Å². The zero-order chi connectivity index (χ0) is 15.5. The number of nitrogen functional groups attached to an aromatic ring is 1. The zero-order valence-corrected chi connectivity index (χ0v) is 12.5. The van der Waals surface area contributed by atoms with Crippen molar-refractivity contribution in [2.45, 2.75) is 25.4 Å². The van der Waals surface area contributed by atoms with Gasteiger partial charge in [-0.1, -0.05) is 0 Å². The smallest absolute Gasteiger partial charge is 0.238 e. The van der Waals surface area contributed by atoms with Crippen molar-refractivity contribution in [2.24, 2.45) is 0 Å². The van der Waals surface area contributed by atoms with Gasteiger partial charge in [-0.05, 0) is 44.5 Å². The average Bonchev–Trinajstić information content (AvgIpc) is 2.43. The highest BCUT2D eigenvalue weighted by molar-refractivity contribution is 5.92. The van der Waals surface area contributed by atoms with Gasteiger partial charge in [0.1, 0.15) is 5.82 Å². The number of nitrogens with two attached hydrogens (primary N) is 1. The predicted octanol–water partition coefficient (Wildman–Crippen LogP) is 1.85. The van der Waals surface area contributed by atoms with Gasteiger partial charge in [-0.3, -0.25) is 9.69 Å². The van der Waals surface area contributed by atoms with Gasteiger partial charge in [0.2, 0.25) is 5.91 Å². The molecule has 6 heteroatoms. The lowest BCUT2D eigenvalue weighted by atomic mass is 9.95. The van der Waals surface area contributed by atoms with Gasteiger partial charge in [-0.15, -0.1) is 0 Å². The van der Waals surface area contributed by atoms with Gasteiger partial charge < -0.3 is 15.8 Å². The van der Waals surface area contributed by atoms with Crippen LogP contribution in [0, 0.1) is 5.82 Å². The molecule has 1 aromatic rings. The van der Waals surface area contributed by atoms with Crippen LogP contribution < -0.4 is 11.1 Å². The maximum absolute atomic E-state index is 13.1. The molecule has 1 aliphatic rings. The number of methoxy groups -OCH3 is 1. The Kier molecular flexibility index (Phi) is 4.80. The quantitative estimate of drug-likeness (QED) is 0.832. The van der Waals surface area contributed by atoms with E-state index >= 15 is 0 Å². The Balaban J connectivity index is 1.91. The van der Waals surface area contributed by atoms with Crippen LogP contribution in [0.4, 0.5) is 15.8 Å². The Bertz CT molecular complexity index is 524. The summed E-state index contributed by atoms with van der Waals surface area (Å²) in [6, 6.07) is 4.16. The second kappa shape index (κ2) is 6.41. The number of anilines is 2. The third kappa shape index (κ3) is 4.15. The number of nitrogens with one attached hydrogen (secondary N) is 1. The highest BCUT2D eigenvalue weighted by Gasteiger charge is 2.31. The number of hydrogen-bond acceptors (Lipinski definition) is 4. The summed E-state index contributed by atoms with van der Waals surface area (Å²) in [4.78, 5) is 14.1. The molecule has 1 atom stereocenters. The van der Waals surface area contributed by atoms with Crippen LogP contribution in [0.15, 0.2) is 18.2 Å². The molecule has 116 valence electrons. The average molecular weight is 295 g/mol. The number of likely N-dealkylation sites (tertiary alicyclic amines) is 1. The standard InChI is InChI=1S/C15H22FN3O2/c1-15(21-2)6-3-7-19(10-15)9-14(20)18-11-4-5-12(16)13(17)8-11/h4-5,8H,3,6-7,9-10,17H2,1-2H3,(H,18,20). The Hall–Kier alpha value is -1.66. The number of carbonyl (C=O) groups excluding carboxylic acids is 1. The molecule has 3 N–H and O–H groups in total. The number of carbonyl (C=O) groups is 1. The van der Waals surface area contributed by atoms with Crippen molar-refractivity contribution in [3.05, 3.63) is 24.0 Å². The number of amides is 1. The number of hydrogen-bond donors (Lipinski definition) is 2. The van der Waals surface area contributed by atoms with E-state index in [1.54, 1.807) is 7.11 Å². The molecule has 0 radical (unpaired) electrons. The Morgan fingerprint density at radius 2 is 2.33 bits per heavy atom. The molecule has 1 heterocycles. The second-order valence-corrected chi connectivity index (χ2v) is 5.75. The fourth-order valence-corrected chi connectivity index (χ4v) is 2.63. The van der Waals surface area contributed by atoms with Crippen LogP contribution in [0.3, 0.4) is 0 Å². The topological polar surface area (TPSA) is 67.6 Å². The van der Waals surface area contributed by atoms with Crippen molar-refractivity contribution in [3.8, 4) is 0 Å². The maximum atomic E-state index is 13.1. The summed E-state index contributed by atoms with van der Waals surface area (Å²) in [5, 5.41) is 2.73. The molecule has 0 aromatic heterocycles. The summed E-state index contributed by atoms with van der Waals surface area (Å²) in [5.41, 5.74) is 5.82. The van der Waals surface area contributed by atoms with Crippen LogP contribution in [0.5, 0.6) is 0 Å². The van der Waals surface area contributed by atoms with E-state index in [2.05, 4.69) is 17.1 Å². The number of rotatable bonds is 4. The molecular formula is C15H22FN3O2. The van der Waals surface area contributed by atoms with Crippen LogP contribution in [-0.4, -0.2) is 43.2 Å². The molecule has 0 spiro atoms. The molecule has 5 nitrogen and oxygen atoms in total. The minimum absolute atomic E-state index is 0.0257. The van der Waals surface area contributed by atoms with Crippen molar-refractivity contribution in [1.82, 2.24) is 4.90 Å². The van der Waals surface area contributed by atoms with Crippen LogP contribution in [0.25, 0.3) is 0 Å². The molecular weight excluding hydrogens is 273 g/mol. The van der Waals surface area contributed by atoms with E-state index in [4.69, 9.17) is 10.5 Å². The van der Waals surface area contributed by atoms with E-state index in [9.17, 15) is 9.18 Å². The highest BCUT2D eigenvalue weighted by atomic mass is 19.1. The van der Waals surface area contributed by atoms with E-state index in [1.165, 1.54) is 18.2 Å². The first kappa shape index (κ1) is 15.7. The van der Waals surface area contributed by atoms with Crippen molar-refractivity contribution in [2.75, 3.05) is 37.8 Å². The number of nitrogens with zero attached hydrogens (tertiary/aromatic N) is 1. The molecule has 1 unspecified atom stereocenters. The summed E-state index contributed by atoms with van der Waals surface area (Å²) in [7, 11) is 1.70. The van der Waals surface area contributed by atoms with E-state index in [0.717, 1.165) is 25.9 Å². The van der Waals surface area contributed by atoms with Gasteiger partial charge in [0.15, 0.2) is 0 Å². The monoisotopic (exact) mass is 295 g/mol. The molecule has 0 aliphatic carbocycles. The third-order valence-electron chi connectivity index (χ3n) is 3.88. The highest BCUT2D eigenvalue weighted by Crippen LogP contribution is 2.23. The van der Waals surface area contributed by atoms with Gasteiger partial charge in [0, 0.05) is 19.3 Å². The maximum Gasteiger partial charge on any atom is 0.238 e. The summed E-state index contributed by atoms with van der Waals surface area (Å²) in [5.74, 6) is -0.624. The molecule has 1 amide bonds. The lowest BCUT2D eigenvalue weighted by Gasteiger charge is -2.39. The van der Waals surface area contributed by atoms with Gasteiger partial charge >= 0.3 is 0 Å². The molecule has 1 fully saturated rings. The first-order valence-electron chi connectivity index (χ1n) is 7.04. The zero-order valence-electron chi connectivity index (χ0n) is 12.5. The van der Waals surface area contributed by atoms with E-state index in [0.29, 0.717) is 5.69 Å². The third-order valence-corrected chi connectivity index (χ3v) is 3.88. The lowest BCUT2D eigenvalue weighted by molar-refractivity contribution is -0.119. The molecule has 21 heavy (non-hydrogen) atoms. The summed E-state index contributed by atoms with van der Waals surface area (Å²) >= 11 is 0. The molecule has 1 aliphatic heterocycles. The van der Waals surface area contributed by atoms with Crippen molar-refractivity contribution in [3.63, 3.8) is 0 Å². The fourth-order valence-electron chi connectivity index (χ4n) is 2.63. The van der Waals surface area contributed by atoms with Crippen molar-refractivity contribution >= 4 is 17.3 Å². The summed E-state index contributed by atoms with van der Waals surface area (Å²) in [6.45, 7) is 3.94. The first-order valence-corrected chi connectivity index (χ1v) is 7.04. The van der Waals surface area contributed by atoms with Gasteiger partial charge in [-0.25, -0.2) is 4.39 Å². The number of benzene rings is 1. The minimum atomic E-state index is -0.486. The van der Waals surface area contributed by atoms with Gasteiger partial charge in [-0.2, -0.15) is 0 Å². The molecule has 0 saturated carbocycles. The number of piperidine rings is 1. The van der Waals surface area contributed by atoms with Crippen LogP contribution >= 0.6 is 0 Å². The minimum Gasteiger partial charge on any atom is -0.396 e. The van der Waals surface area contributed by atoms with E-state index in [-0.39, 0.29) is 23.7 Å². The normalized spacial score (nSPS) is 23.0. The molecule has 1 saturated heterocycles. The fraction of sp³-hybridized carbons (Fsp3) is 0.533. The summed E-state index contributed by atoms with van der Waals surface area (Å²) in [6.07, 6.45) is 2.00. The van der Waals surface area contributed by atoms with Gasteiger partial charge in [0.25, 0.3) is 0 Å². The Labute approximate surface area is 124 Å². The predicted molar refractivity (Wildman–Crippen MR) is 80.5 cm³/mol. The SMILES string of the molecule is COC1(C)CCCN(CC(=O)Nc2ccc(F)c(N)c2)C1. The number of halogens is 1. The van der Waals surface area contributed by atoms with E-state index in [1.807, 2.05) is 0 Å². The Morgan fingerprint density at radius 3 is 3.00 bits per heavy atom. The second-order valence-electron chi connectivity index (χ2n) is 5.75. The molecule has 2 rings (SSSR count). The lowest BCUT2D eigenvalue weighted by Crippen LogP contribution is -2.49. The van der Waals surface area contributed by atoms with Gasteiger partial charge in [0.05, 0.1) is 17.8 Å². The van der Waals surface area contributed by atoms with Crippen LogP contribution in [-0.2, 0) is 9.53 Å². The van der Waals surface area contributed by atoms with Crippen molar-refractivity contribution in [1.29, 1.82) is 0 Å². The summed E-state index contributed by atoms with van der Waals surface area (Å²) < 4.78 is 18.6. The van der Waals surface area contributed by atoms with Crippen molar-refractivity contribution < 1.29 is 13.9 Å². The molecule has 0 bridgehead atoms. The largest absolute Gasteiger partial charge is 0.396 e. The van der Waals surface area contributed by atoms with E-state index < -0.39 is 5.82 Å². The number of ether oxygens (including phenoxy) is 1. The van der Waals surface area contributed by atoms with Crippen LogP contribution in [0.2, 0.25) is 0 Å². The Morgan fingerprint density at radius 1 is 1.57 bits per heavy atom.